The first-order chi connectivity index (χ1) is 19.3. The number of rotatable bonds is 11. The number of carboxylic acids is 1. The summed E-state index contributed by atoms with van der Waals surface area (Å²) in [5.41, 5.74) is 1.48. The number of hydrogen-bond donors (Lipinski definition) is 1. The Kier molecular flexibility index (Phi) is 9.78. The fourth-order valence-electron chi connectivity index (χ4n) is 4.07. The van der Waals surface area contributed by atoms with Crippen molar-refractivity contribution in [3.8, 4) is 11.3 Å². The lowest BCUT2D eigenvalue weighted by atomic mass is 9.90. The standard InChI is InChI=1S/C24H23N7O5S4.CH4/c1-4-36-28-17(19-27-23(25-2)40-29-19)15(32)9-13-20(33)31-18(22(34)35)16(11-37-21(13)31)39-24-26-14(10-38-24)12-5-7-30(3)8-6-12;/h5-8,10,13,21H,4,9,11H2,1-3H3,(H-,25,27,29,34,35);1H4/b28-17+;/t13-,21-;/m1./s1. The number of fused-ring (bicyclic) bond motifs is 1. The minimum atomic E-state index is -1.44. The number of pyridine rings is 1. The molecule has 41 heavy (non-hydrogen) atoms. The molecule has 12 nitrogen and oxygen atoms in total. The van der Waals surface area contributed by atoms with Gasteiger partial charge in [-0.15, -0.1) is 23.1 Å². The first-order valence-electron chi connectivity index (χ1n) is 12.0. The molecule has 0 unspecified atom stereocenters. The number of thioether (sulfide) groups is 2. The maximum absolute atomic E-state index is 13.2. The summed E-state index contributed by atoms with van der Waals surface area (Å²) in [6.45, 7) is 1.96. The predicted octanol–water partition coefficient (Wildman–Crippen LogP) is 2.15. The number of aromatic nitrogens is 4. The van der Waals surface area contributed by atoms with Crippen LogP contribution in [-0.2, 0) is 26.3 Å². The van der Waals surface area contributed by atoms with Gasteiger partial charge in [-0.05, 0) is 6.92 Å². The Morgan fingerprint density at radius 3 is 2.73 bits per heavy atom. The number of aliphatic carboxylic acids is 1. The van der Waals surface area contributed by atoms with Crippen LogP contribution in [-0.4, -0.2) is 67.4 Å². The average molecular weight is 634 g/mol. The molecule has 0 spiro atoms. The van der Waals surface area contributed by atoms with Crippen molar-refractivity contribution in [2.75, 3.05) is 24.7 Å². The van der Waals surface area contributed by atoms with Crippen LogP contribution in [0.5, 0.6) is 0 Å². The predicted molar refractivity (Wildman–Crippen MR) is 157 cm³/mol. The molecule has 2 aliphatic rings. The van der Waals surface area contributed by atoms with E-state index < -0.39 is 29.0 Å². The van der Waals surface area contributed by atoms with Gasteiger partial charge in [0.1, 0.15) is 13.7 Å². The van der Waals surface area contributed by atoms with Gasteiger partial charge in [-0.2, -0.15) is 9.36 Å². The first-order valence-corrected chi connectivity index (χ1v) is 15.6. The number of carboxylic acid groups (broad SMARTS) is 1. The van der Waals surface area contributed by atoms with Crippen LogP contribution >= 0.6 is 46.4 Å². The Balaban J connectivity index is 0.00000387. The van der Waals surface area contributed by atoms with Gasteiger partial charge in [0, 0.05) is 58.7 Å². The molecule has 1 saturated heterocycles. The van der Waals surface area contributed by atoms with Crippen molar-refractivity contribution in [1.29, 1.82) is 0 Å². The van der Waals surface area contributed by atoms with Gasteiger partial charge < -0.3 is 20.1 Å². The number of amides is 1. The summed E-state index contributed by atoms with van der Waals surface area (Å²) >= 11 is 5.08. The molecule has 216 valence electrons. The zero-order chi connectivity index (χ0) is 28.4. The molecule has 16 heteroatoms. The maximum Gasteiger partial charge on any atom is 0.234 e. The summed E-state index contributed by atoms with van der Waals surface area (Å²) in [5.74, 6) is -2.65. The van der Waals surface area contributed by atoms with E-state index in [4.69, 9.17) is 4.84 Å². The fraction of sp³-hybridized carbons (Fsp3) is 0.360. The number of Topliss-reactive ketones (excluding diaryl/α,β-unsaturated/α-hetero) is 1. The third-order valence-electron chi connectivity index (χ3n) is 6.01. The van der Waals surface area contributed by atoms with Crippen molar-refractivity contribution in [1.82, 2.24) is 19.2 Å². The number of β-lactam (4-membered cyclic amide) rings is 1. The molecule has 0 saturated carbocycles. The Morgan fingerprint density at radius 2 is 2.07 bits per heavy atom. The third-order valence-corrected chi connectivity index (χ3v) is 10.3. The smallest absolute Gasteiger partial charge is 0.234 e. The zero-order valence-corrected chi connectivity index (χ0v) is 24.8. The number of carbonyl (C=O) groups excluding carboxylic acids is 3. The van der Waals surface area contributed by atoms with E-state index in [2.05, 4.69) is 24.8 Å². The van der Waals surface area contributed by atoms with Gasteiger partial charge in [0.15, 0.2) is 28.2 Å². The second-order valence-corrected chi connectivity index (χ2v) is 12.6. The van der Waals surface area contributed by atoms with E-state index in [1.54, 1.807) is 14.0 Å². The van der Waals surface area contributed by atoms with E-state index in [0.29, 0.717) is 20.1 Å². The van der Waals surface area contributed by atoms with Crippen LogP contribution in [0.3, 0.4) is 0 Å². The number of hydrogen-bond acceptors (Lipinski definition) is 14. The number of thiazole rings is 1. The minimum Gasteiger partial charge on any atom is -0.543 e. The second kappa shape index (κ2) is 13.1. The van der Waals surface area contributed by atoms with Crippen molar-refractivity contribution >= 4 is 74.9 Å². The molecule has 0 aromatic carbocycles. The molecule has 3 aromatic rings. The van der Waals surface area contributed by atoms with Gasteiger partial charge in [-0.3, -0.25) is 14.5 Å². The summed E-state index contributed by atoms with van der Waals surface area (Å²) < 4.78 is 6.74. The lowest BCUT2D eigenvalue weighted by Gasteiger charge is -2.50. The van der Waals surface area contributed by atoms with E-state index in [0.717, 1.165) is 22.8 Å². The van der Waals surface area contributed by atoms with Gasteiger partial charge >= 0.3 is 0 Å². The van der Waals surface area contributed by atoms with Gasteiger partial charge in [0.05, 0.1) is 28.7 Å². The zero-order valence-electron chi connectivity index (χ0n) is 21.5. The second-order valence-electron chi connectivity index (χ2n) is 8.59. The quantitative estimate of drug-likeness (QED) is 0.143. The highest BCUT2D eigenvalue weighted by molar-refractivity contribution is 8.07. The highest BCUT2D eigenvalue weighted by atomic mass is 32.2. The van der Waals surface area contributed by atoms with Gasteiger partial charge in [-0.1, -0.05) is 24.3 Å². The third kappa shape index (κ3) is 6.29. The molecule has 3 aromatic heterocycles. The molecular formula is C25H27N7O5S4. The number of anilines is 1. The van der Waals surface area contributed by atoms with E-state index in [9.17, 15) is 19.5 Å². The molecular weight excluding hydrogens is 607 g/mol. The summed E-state index contributed by atoms with van der Waals surface area (Å²) in [5, 5.41) is 20.8. The molecule has 2 atom stereocenters. The van der Waals surface area contributed by atoms with Gasteiger partial charge in [0.2, 0.25) is 16.9 Å². The normalized spacial score (nSPS) is 18.4. The largest absolute Gasteiger partial charge is 0.543 e. The molecule has 0 aliphatic carbocycles. The fourth-order valence-corrected chi connectivity index (χ4v) is 8.12. The molecule has 0 bridgehead atoms. The van der Waals surface area contributed by atoms with Crippen LogP contribution in [0.15, 0.2) is 50.0 Å². The topological polar surface area (TPSA) is 154 Å². The SMILES string of the molecule is C.CCO/N=C(\C(=O)C[C@@H]1C(=O)N2C(C(=O)[O-])=C(Sc3nc(-c4cc[n+](C)cc4)cs3)CS[C@H]12)c1nsc(NC)n1. The number of nitrogens with one attached hydrogen (secondary N) is 1. The van der Waals surface area contributed by atoms with Crippen LogP contribution in [0.4, 0.5) is 5.13 Å². The maximum atomic E-state index is 13.2. The van der Waals surface area contributed by atoms with E-state index in [1.807, 2.05) is 41.5 Å². The van der Waals surface area contributed by atoms with Gasteiger partial charge in [0.25, 0.3) is 0 Å². The van der Waals surface area contributed by atoms with Crippen LogP contribution in [0.25, 0.3) is 11.3 Å². The van der Waals surface area contributed by atoms with E-state index >= 15 is 0 Å². The Bertz CT molecular complexity index is 1520. The first kappa shape index (κ1) is 30.6. The highest BCUT2D eigenvalue weighted by Gasteiger charge is 2.53. The average Bonchev–Trinajstić information content (AvgIpc) is 3.62. The highest BCUT2D eigenvalue weighted by Crippen LogP contribution is 2.49. The van der Waals surface area contributed by atoms with Crippen molar-refractivity contribution in [2.24, 2.45) is 18.1 Å². The van der Waals surface area contributed by atoms with Crippen molar-refractivity contribution in [2.45, 2.75) is 30.5 Å². The number of carbonyl (C=O) groups is 3. The molecule has 5 heterocycles. The molecule has 1 amide bonds. The Labute approximate surface area is 253 Å². The van der Waals surface area contributed by atoms with Crippen LogP contribution in [0.1, 0.15) is 26.6 Å². The molecule has 1 N–H and O–H groups in total. The minimum absolute atomic E-state index is 0. The van der Waals surface area contributed by atoms with Crippen molar-refractivity contribution in [3.63, 3.8) is 0 Å². The van der Waals surface area contributed by atoms with E-state index in [1.165, 1.54) is 39.8 Å². The number of oxime groups is 1. The number of ketones is 1. The monoisotopic (exact) mass is 633 g/mol. The summed E-state index contributed by atoms with van der Waals surface area (Å²) in [7, 11) is 3.61. The lowest BCUT2D eigenvalue weighted by molar-refractivity contribution is -0.671. The molecule has 0 radical (unpaired) electrons. The van der Waals surface area contributed by atoms with Crippen LogP contribution < -0.4 is 15.0 Å². The number of nitrogens with zero attached hydrogens (tertiary/aromatic N) is 6. The Morgan fingerprint density at radius 1 is 1.32 bits per heavy atom. The van der Waals surface area contributed by atoms with Crippen molar-refractivity contribution < 1.29 is 28.9 Å². The molecule has 1 fully saturated rings. The summed E-state index contributed by atoms with van der Waals surface area (Å²) in [4.78, 5) is 54.2. The Hall–Kier alpha value is -3.34. The molecule has 5 rings (SSSR count). The van der Waals surface area contributed by atoms with Crippen LogP contribution in [0.2, 0.25) is 0 Å². The van der Waals surface area contributed by atoms with Gasteiger partial charge in [-0.25, -0.2) is 9.55 Å². The summed E-state index contributed by atoms with van der Waals surface area (Å²) in [6, 6.07) is 3.90. The summed E-state index contributed by atoms with van der Waals surface area (Å²) in [6.07, 6.45) is 3.66. The van der Waals surface area contributed by atoms with Crippen molar-refractivity contribution in [3.05, 3.63) is 46.3 Å². The lowest BCUT2D eigenvalue weighted by Crippen LogP contribution is -2.63. The molecule has 2 aliphatic heterocycles. The van der Waals surface area contributed by atoms with Crippen LogP contribution in [0, 0.1) is 5.92 Å². The van der Waals surface area contributed by atoms with E-state index in [-0.39, 0.29) is 37.7 Å². The number of aryl methyl sites for hydroxylation is 1.